The van der Waals surface area contributed by atoms with Gasteiger partial charge in [0.1, 0.15) is 22.2 Å². The number of halogens is 1. The first-order valence-corrected chi connectivity index (χ1v) is 11.7. The van der Waals surface area contributed by atoms with Gasteiger partial charge in [-0.25, -0.2) is 9.37 Å². The molecule has 5 rings (SSSR count). The number of benzene rings is 2. The van der Waals surface area contributed by atoms with Crippen LogP contribution in [0.2, 0.25) is 0 Å². The Kier molecular flexibility index (Phi) is 5.55. The number of aryl methyl sites for hydroxylation is 1. The number of aromatic nitrogens is 2. The fourth-order valence-corrected chi connectivity index (χ4v) is 5.90. The number of methoxy groups -OCH3 is 1. The molecule has 164 valence electrons. The van der Waals surface area contributed by atoms with E-state index in [1.165, 1.54) is 22.6 Å². The summed E-state index contributed by atoms with van der Waals surface area (Å²) in [6, 6.07) is 14.2. The molecule has 0 amide bonds. The van der Waals surface area contributed by atoms with Gasteiger partial charge in [0, 0.05) is 11.3 Å². The van der Waals surface area contributed by atoms with Crippen molar-refractivity contribution in [3.8, 4) is 5.75 Å². The van der Waals surface area contributed by atoms with Gasteiger partial charge in [-0.15, -0.1) is 11.3 Å². The SMILES string of the molecule is COc1ccc(Cc2nc3sc4c(c3c(=O)n2Cc2cccc(F)c2)CCC(C)C4)cc1. The first-order chi connectivity index (χ1) is 15.5. The van der Waals surface area contributed by atoms with E-state index in [1.807, 2.05) is 30.3 Å². The second kappa shape index (κ2) is 8.51. The first kappa shape index (κ1) is 20.9. The van der Waals surface area contributed by atoms with Crippen LogP contribution in [0.25, 0.3) is 10.2 Å². The highest BCUT2D eigenvalue weighted by atomic mass is 32.1. The van der Waals surface area contributed by atoms with Gasteiger partial charge in [0.15, 0.2) is 0 Å². The lowest BCUT2D eigenvalue weighted by Crippen LogP contribution is -2.26. The monoisotopic (exact) mass is 448 g/mol. The molecule has 0 radical (unpaired) electrons. The maximum absolute atomic E-state index is 13.8. The normalized spacial score (nSPS) is 15.7. The summed E-state index contributed by atoms with van der Waals surface area (Å²) in [5, 5.41) is 0.756. The Hall–Kier alpha value is -2.99. The molecule has 1 atom stereocenters. The summed E-state index contributed by atoms with van der Waals surface area (Å²) < 4.78 is 20.8. The summed E-state index contributed by atoms with van der Waals surface area (Å²) in [6.45, 7) is 2.56. The van der Waals surface area contributed by atoms with E-state index in [-0.39, 0.29) is 11.4 Å². The molecule has 1 unspecified atom stereocenters. The van der Waals surface area contributed by atoms with Gasteiger partial charge in [0.2, 0.25) is 0 Å². The van der Waals surface area contributed by atoms with Crippen molar-refractivity contribution in [2.24, 2.45) is 5.92 Å². The minimum atomic E-state index is -0.303. The number of nitrogens with zero attached hydrogens (tertiary/aromatic N) is 2. The molecule has 2 heterocycles. The summed E-state index contributed by atoms with van der Waals surface area (Å²) in [5.74, 6) is 1.81. The highest BCUT2D eigenvalue weighted by Gasteiger charge is 2.24. The molecule has 0 N–H and O–H groups in total. The second-order valence-corrected chi connectivity index (χ2v) is 9.69. The zero-order chi connectivity index (χ0) is 22.2. The molecule has 2 aromatic carbocycles. The van der Waals surface area contributed by atoms with Crippen LogP contribution in [0.4, 0.5) is 4.39 Å². The highest BCUT2D eigenvalue weighted by molar-refractivity contribution is 7.18. The molecule has 0 saturated heterocycles. The average Bonchev–Trinajstić information content (AvgIpc) is 3.14. The molecule has 4 nitrogen and oxygen atoms in total. The summed E-state index contributed by atoms with van der Waals surface area (Å²) >= 11 is 1.66. The average molecular weight is 449 g/mol. The lowest BCUT2D eigenvalue weighted by Gasteiger charge is -2.18. The Morgan fingerprint density at radius 2 is 2.00 bits per heavy atom. The Morgan fingerprint density at radius 3 is 2.75 bits per heavy atom. The van der Waals surface area contributed by atoms with Gasteiger partial charge in [0.25, 0.3) is 5.56 Å². The van der Waals surface area contributed by atoms with Crippen LogP contribution in [0.5, 0.6) is 5.75 Å². The van der Waals surface area contributed by atoms with E-state index in [4.69, 9.17) is 9.72 Å². The molecule has 4 aromatic rings. The van der Waals surface area contributed by atoms with Crippen LogP contribution >= 0.6 is 11.3 Å². The largest absolute Gasteiger partial charge is 0.497 e. The van der Waals surface area contributed by atoms with E-state index in [1.54, 1.807) is 29.1 Å². The molecule has 32 heavy (non-hydrogen) atoms. The van der Waals surface area contributed by atoms with Crippen molar-refractivity contribution in [1.82, 2.24) is 9.55 Å². The molecule has 0 aliphatic heterocycles. The fraction of sp³-hybridized carbons (Fsp3) is 0.308. The number of thiophene rings is 1. The molecule has 0 fully saturated rings. The third-order valence-electron chi connectivity index (χ3n) is 6.25. The second-order valence-electron chi connectivity index (χ2n) is 8.61. The lowest BCUT2D eigenvalue weighted by molar-refractivity contribution is 0.414. The molecular formula is C26H25FN2O2S. The van der Waals surface area contributed by atoms with E-state index in [2.05, 4.69) is 6.92 Å². The van der Waals surface area contributed by atoms with Gasteiger partial charge in [-0.3, -0.25) is 9.36 Å². The third kappa shape index (κ3) is 3.95. The lowest BCUT2D eigenvalue weighted by atomic mass is 9.89. The summed E-state index contributed by atoms with van der Waals surface area (Å²) in [6.07, 6.45) is 3.54. The van der Waals surface area contributed by atoms with Crippen molar-refractivity contribution in [3.63, 3.8) is 0 Å². The maximum Gasteiger partial charge on any atom is 0.262 e. The third-order valence-corrected chi connectivity index (χ3v) is 7.39. The standard InChI is InChI=1S/C26H25FN2O2S/c1-16-6-11-21-22(12-16)32-25-24(21)26(30)29(15-18-4-3-5-19(27)13-18)23(28-25)14-17-7-9-20(31-2)10-8-17/h3-5,7-10,13,16H,6,11-12,14-15H2,1-2H3. The van der Waals surface area contributed by atoms with E-state index in [0.717, 1.165) is 46.4 Å². The van der Waals surface area contributed by atoms with Crippen LogP contribution in [0.3, 0.4) is 0 Å². The summed E-state index contributed by atoms with van der Waals surface area (Å²) in [5.41, 5.74) is 2.95. The van der Waals surface area contributed by atoms with Crippen LogP contribution in [-0.4, -0.2) is 16.7 Å². The van der Waals surface area contributed by atoms with Crippen molar-refractivity contribution >= 4 is 21.6 Å². The molecule has 0 bridgehead atoms. The zero-order valence-electron chi connectivity index (χ0n) is 18.2. The minimum Gasteiger partial charge on any atom is -0.497 e. The molecule has 6 heteroatoms. The number of hydrogen-bond donors (Lipinski definition) is 0. The number of ether oxygens (including phenoxy) is 1. The Morgan fingerprint density at radius 1 is 1.19 bits per heavy atom. The van der Waals surface area contributed by atoms with Crippen molar-refractivity contribution < 1.29 is 9.13 Å². The quantitative estimate of drug-likeness (QED) is 0.412. The number of rotatable bonds is 5. The van der Waals surface area contributed by atoms with Crippen LogP contribution in [0.15, 0.2) is 53.3 Å². The highest BCUT2D eigenvalue weighted by Crippen LogP contribution is 2.36. The van der Waals surface area contributed by atoms with Crippen LogP contribution in [0.1, 0.15) is 40.7 Å². The van der Waals surface area contributed by atoms with E-state index < -0.39 is 0 Å². The van der Waals surface area contributed by atoms with Gasteiger partial charge in [-0.05, 0) is 66.1 Å². The summed E-state index contributed by atoms with van der Waals surface area (Å²) in [4.78, 5) is 20.9. The van der Waals surface area contributed by atoms with Gasteiger partial charge in [0.05, 0.1) is 19.0 Å². The van der Waals surface area contributed by atoms with Gasteiger partial charge >= 0.3 is 0 Å². The van der Waals surface area contributed by atoms with Gasteiger partial charge in [-0.1, -0.05) is 31.2 Å². The smallest absolute Gasteiger partial charge is 0.262 e. The van der Waals surface area contributed by atoms with Gasteiger partial charge < -0.3 is 4.74 Å². The van der Waals surface area contributed by atoms with E-state index in [0.29, 0.717) is 24.7 Å². The molecular weight excluding hydrogens is 423 g/mol. The molecule has 0 spiro atoms. The van der Waals surface area contributed by atoms with E-state index in [9.17, 15) is 9.18 Å². The topological polar surface area (TPSA) is 44.1 Å². The maximum atomic E-state index is 13.8. The molecule has 1 aliphatic carbocycles. The van der Waals surface area contributed by atoms with Crippen molar-refractivity contribution in [2.45, 2.75) is 39.2 Å². The number of fused-ring (bicyclic) bond motifs is 3. The van der Waals surface area contributed by atoms with Crippen LogP contribution < -0.4 is 10.3 Å². The van der Waals surface area contributed by atoms with Crippen LogP contribution in [-0.2, 0) is 25.8 Å². The molecule has 0 saturated carbocycles. The van der Waals surface area contributed by atoms with Gasteiger partial charge in [-0.2, -0.15) is 0 Å². The predicted molar refractivity (Wildman–Crippen MR) is 126 cm³/mol. The minimum absolute atomic E-state index is 0.0187. The van der Waals surface area contributed by atoms with Crippen LogP contribution in [0, 0.1) is 11.7 Å². The Balaban J connectivity index is 1.64. The predicted octanol–water partition coefficient (Wildman–Crippen LogP) is 5.37. The first-order valence-electron chi connectivity index (χ1n) is 10.9. The van der Waals surface area contributed by atoms with Crippen molar-refractivity contribution in [2.75, 3.05) is 7.11 Å². The Bertz CT molecular complexity index is 1340. The molecule has 2 aromatic heterocycles. The Labute approximate surface area is 190 Å². The van der Waals surface area contributed by atoms with Crippen molar-refractivity contribution in [1.29, 1.82) is 0 Å². The molecule has 1 aliphatic rings. The van der Waals surface area contributed by atoms with Crippen molar-refractivity contribution in [3.05, 3.63) is 92.1 Å². The summed E-state index contributed by atoms with van der Waals surface area (Å²) in [7, 11) is 1.64. The zero-order valence-corrected chi connectivity index (χ0v) is 19.0. The number of hydrogen-bond acceptors (Lipinski definition) is 4. The fourth-order valence-electron chi connectivity index (χ4n) is 4.51. The van der Waals surface area contributed by atoms with E-state index >= 15 is 0 Å².